The molecular weight excluding hydrogens is 214 g/mol. The lowest BCUT2D eigenvalue weighted by Crippen LogP contribution is -2.39. The van der Waals surface area contributed by atoms with Crippen LogP contribution in [-0.4, -0.2) is 37.1 Å². The molecular formula is C8H11N5OS. The lowest BCUT2D eigenvalue weighted by Gasteiger charge is -2.26. The lowest BCUT2D eigenvalue weighted by molar-refractivity contribution is -0.131. The zero-order valence-corrected chi connectivity index (χ0v) is 8.90. The molecule has 0 atom stereocenters. The van der Waals surface area contributed by atoms with E-state index in [0.29, 0.717) is 13.1 Å². The van der Waals surface area contributed by atoms with Crippen molar-refractivity contribution in [2.24, 2.45) is 5.73 Å². The molecule has 0 radical (unpaired) electrons. The zero-order valence-electron chi connectivity index (χ0n) is 8.09. The Morgan fingerprint density at radius 2 is 2.40 bits per heavy atom. The highest BCUT2D eigenvalue weighted by Gasteiger charge is 2.21. The number of hydrogen-bond acceptors (Lipinski definition) is 4. The van der Waals surface area contributed by atoms with E-state index >= 15 is 0 Å². The minimum absolute atomic E-state index is 0.0447. The molecule has 2 N–H and O–H groups in total. The summed E-state index contributed by atoms with van der Waals surface area (Å²) in [6.45, 7) is 1.87. The van der Waals surface area contributed by atoms with Gasteiger partial charge in [0.25, 0.3) is 0 Å². The van der Waals surface area contributed by atoms with E-state index in [2.05, 4.69) is 10.2 Å². The molecule has 0 bridgehead atoms. The van der Waals surface area contributed by atoms with Crippen LogP contribution in [0.4, 0.5) is 0 Å². The Balaban J connectivity index is 2.03. The predicted octanol–water partition coefficient (Wildman–Crippen LogP) is -0.704. The Morgan fingerprint density at radius 1 is 1.60 bits per heavy atom. The fourth-order valence-electron chi connectivity index (χ4n) is 1.54. The average molecular weight is 225 g/mol. The van der Waals surface area contributed by atoms with Crippen LogP contribution < -0.4 is 5.73 Å². The predicted molar refractivity (Wildman–Crippen MR) is 56.8 cm³/mol. The summed E-state index contributed by atoms with van der Waals surface area (Å²) in [4.78, 5) is 13.6. The second-order valence-electron chi connectivity index (χ2n) is 3.40. The fourth-order valence-corrected chi connectivity index (χ4v) is 1.66. The maximum Gasteiger partial charge on any atom is 0.229 e. The number of rotatable bonds is 2. The molecule has 1 aromatic rings. The van der Waals surface area contributed by atoms with Gasteiger partial charge in [0.1, 0.15) is 6.33 Å². The number of nitrogens with zero attached hydrogens (tertiary/aromatic N) is 4. The highest BCUT2D eigenvalue weighted by Crippen LogP contribution is 2.09. The first-order valence-electron chi connectivity index (χ1n) is 4.59. The lowest BCUT2D eigenvalue weighted by atomic mass is 10.3. The van der Waals surface area contributed by atoms with Crippen molar-refractivity contribution in [3.63, 3.8) is 0 Å². The van der Waals surface area contributed by atoms with Crippen molar-refractivity contribution in [1.29, 1.82) is 0 Å². The molecule has 7 heteroatoms. The number of carbonyl (C=O) groups excluding carboxylic acids is 1. The molecule has 0 fully saturated rings. The minimum atomic E-state index is -0.0447. The largest absolute Gasteiger partial charge is 0.393 e. The van der Waals surface area contributed by atoms with Crippen LogP contribution in [0.1, 0.15) is 12.2 Å². The molecule has 1 aliphatic rings. The van der Waals surface area contributed by atoms with E-state index in [1.807, 2.05) is 4.57 Å². The topological polar surface area (TPSA) is 77.0 Å². The first-order chi connectivity index (χ1) is 7.16. The fraction of sp³-hybridized carbons (Fsp3) is 0.500. The number of carbonyl (C=O) groups is 1. The van der Waals surface area contributed by atoms with Crippen molar-refractivity contribution in [3.05, 3.63) is 12.2 Å². The quantitative estimate of drug-likeness (QED) is 0.673. The highest BCUT2D eigenvalue weighted by molar-refractivity contribution is 7.80. The summed E-state index contributed by atoms with van der Waals surface area (Å²) in [6.07, 6.45) is 1.80. The molecule has 0 aromatic carbocycles. The van der Waals surface area contributed by atoms with Gasteiger partial charge in [-0.15, -0.1) is 10.2 Å². The van der Waals surface area contributed by atoms with E-state index in [0.717, 1.165) is 12.4 Å². The summed E-state index contributed by atoms with van der Waals surface area (Å²) in [6, 6.07) is 0. The van der Waals surface area contributed by atoms with Gasteiger partial charge >= 0.3 is 0 Å². The van der Waals surface area contributed by atoms with E-state index in [1.165, 1.54) is 0 Å². The Morgan fingerprint density at radius 3 is 3.13 bits per heavy atom. The summed E-state index contributed by atoms with van der Waals surface area (Å²) in [5, 5.41) is 7.71. The Bertz CT molecular complexity index is 401. The number of amides is 1. The summed E-state index contributed by atoms with van der Waals surface area (Å²) in [7, 11) is 0. The molecule has 1 amide bonds. The summed E-state index contributed by atoms with van der Waals surface area (Å²) < 4.78 is 1.94. The second-order valence-corrected chi connectivity index (χ2v) is 3.92. The maximum atomic E-state index is 11.6. The second kappa shape index (κ2) is 3.93. The third-order valence-corrected chi connectivity index (χ3v) is 2.46. The molecule has 0 unspecified atom stereocenters. The van der Waals surface area contributed by atoms with E-state index in [1.54, 1.807) is 11.2 Å². The van der Waals surface area contributed by atoms with Crippen LogP contribution in [0.5, 0.6) is 0 Å². The number of thiocarbonyl (C=S) groups is 1. The van der Waals surface area contributed by atoms with Crippen LogP contribution >= 0.6 is 12.2 Å². The molecule has 0 spiro atoms. The maximum absolute atomic E-state index is 11.6. The van der Waals surface area contributed by atoms with E-state index in [9.17, 15) is 4.79 Å². The van der Waals surface area contributed by atoms with Gasteiger partial charge in [0.2, 0.25) is 5.91 Å². The first kappa shape index (κ1) is 10.0. The third kappa shape index (κ3) is 2.12. The molecule has 15 heavy (non-hydrogen) atoms. The molecule has 0 saturated heterocycles. The van der Waals surface area contributed by atoms with Gasteiger partial charge in [-0.05, 0) is 0 Å². The van der Waals surface area contributed by atoms with Gasteiger partial charge in [-0.1, -0.05) is 12.2 Å². The normalized spacial score (nSPS) is 14.8. The van der Waals surface area contributed by atoms with Crippen LogP contribution in [0.3, 0.4) is 0 Å². The molecule has 2 rings (SSSR count). The Kier molecular flexibility index (Phi) is 2.63. The van der Waals surface area contributed by atoms with E-state index < -0.39 is 0 Å². The molecule has 0 saturated carbocycles. The summed E-state index contributed by atoms with van der Waals surface area (Å²) in [5.74, 6) is 0.759. The zero-order chi connectivity index (χ0) is 10.8. The van der Waals surface area contributed by atoms with Crippen molar-refractivity contribution in [1.82, 2.24) is 19.7 Å². The minimum Gasteiger partial charge on any atom is -0.393 e. The Hall–Kier alpha value is -1.50. The van der Waals surface area contributed by atoms with E-state index in [-0.39, 0.29) is 17.3 Å². The van der Waals surface area contributed by atoms with Gasteiger partial charge in [0.05, 0.1) is 18.0 Å². The van der Waals surface area contributed by atoms with Crippen LogP contribution in [0.25, 0.3) is 0 Å². The average Bonchev–Trinajstić information content (AvgIpc) is 2.62. The van der Waals surface area contributed by atoms with Gasteiger partial charge in [-0.25, -0.2) is 0 Å². The van der Waals surface area contributed by atoms with Crippen LogP contribution in [0, 0.1) is 0 Å². The summed E-state index contributed by atoms with van der Waals surface area (Å²) >= 11 is 4.70. The SMILES string of the molecule is NC(=S)CC(=O)N1CCn2cnnc2C1. The third-order valence-electron chi connectivity index (χ3n) is 2.32. The number of hydrogen-bond donors (Lipinski definition) is 1. The summed E-state index contributed by atoms with van der Waals surface area (Å²) in [5.41, 5.74) is 5.33. The standard InChI is InChI=1S/C8H11N5OS/c9-6(15)3-8(14)12-1-2-13-5-10-11-7(13)4-12/h5H,1-4H2,(H2,9,15). The molecule has 0 aliphatic carbocycles. The van der Waals surface area contributed by atoms with Gasteiger partial charge in [0, 0.05) is 13.1 Å². The molecule has 1 aliphatic heterocycles. The van der Waals surface area contributed by atoms with Gasteiger partial charge in [0.15, 0.2) is 5.82 Å². The molecule has 1 aromatic heterocycles. The van der Waals surface area contributed by atoms with Crippen molar-refractivity contribution in [2.75, 3.05) is 6.54 Å². The highest BCUT2D eigenvalue weighted by atomic mass is 32.1. The monoisotopic (exact) mass is 225 g/mol. The van der Waals surface area contributed by atoms with Crippen LogP contribution in [0.2, 0.25) is 0 Å². The van der Waals surface area contributed by atoms with Gasteiger partial charge in [-0.2, -0.15) is 0 Å². The Labute approximate surface area is 92.1 Å². The van der Waals surface area contributed by atoms with Crippen LogP contribution in [-0.2, 0) is 17.9 Å². The van der Waals surface area contributed by atoms with Gasteiger partial charge < -0.3 is 15.2 Å². The molecule has 6 nitrogen and oxygen atoms in total. The van der Waals surface area contributed by atoms with Crippen molar-refractivity contribution in [2.45, 2.75) is 19.5 Å². The van der Waals surface area contributed by atoms with Crippen molar-refractivity contribution in [3.8, 4) is 0 Å². The van der Waals surface area contributed by atoms with E-state index in [4.69, 9.17) is 18.0 Å². The smallest absolute Gasteiger partial charge is 0.229 e. The van der Waals surface area contributed by atoms with Crippen molar-refractivity contribution >= 4 is 23.1 Å². The number of nitrogens with two attached hydrogens (primary N) is 1. The number of aromatic nitrogens is 3. The van der Waals surface area contributed by atoms with Crippen LogP contribution in [0.15, 0.2) is 6.33 Å². The number of fused-ring (bicyclic) bond motifs is 1. The molecule has 80 valence electrons. The molecule has 2 heterocycles. The van der Waals surface area contributed by atoms with Crippen molar-refractivity contribution < 1.29 is 4.79 Å². The van der Waals surface area contributed by atoms with Gasteiger partial charge in [-0.3, -0.25) is 4.79 Å². The first-order valence-corrected chi connectivity index (χ1v) is 5.00.